The zero-order valence-corrected chi connectivity index (χ0v) is 10.2. The van der Waals surface area contributed by atoms with Gasteiger partial charge in [-0.1, -0.05) is 18.2 Å². The molecule has 0 radical (unpaired) electrons. The van der Waals surface area contributed by atoms with Crippen LogP contribution in [0.25, 0.3) is 10.9 Å². The van der Waals surface area contributed by atoms with Crippen molar-refractivity contribution in [2.75, 3.05) is 6.54 Å². The maximum Gasteiger partial charge on any atom is 0.252 e. The minimum atomic E-state index is -0.0295. The Morgan fingerprint density at radius 3 is 3.00 bits per heavy atom. The molecule has 92 valence electrons. The lowest BCUT2D eigenvalue weighted by molar-refractivity contribution is 0.656. The molecule has 2 N–H and O–H groups in total. The fourth-order valence-corrected chi connectivity index (χ4v) is 1.86. The second-order valence-corrected chi connectivity index (χ2v) is 4.20. The first-order valence-electron chi connectivity index (χ1n) is 6.06. The van der Waals surface area contributed by atoms with Crippen molar-refractivity contribution in [2.45, 2.75) is 19.4 Å². The van der Waals surface area contributed by atoms with Crippen LogP contribution in [0.3, 0.4) is 0 Å². The number of hydrogen-bond acceptors (Lipinski definition) is 2. The summed E-state index contributed by atoms with van der Waals surface area (Å²) in [5.41, 5.74) is 1.60. The Morgan fingerprint density at radius 1 is 1.33 bits per heavy atom. The van der Waals surface area contributed by atoms with Crippen molar-refractivity contribution in [3.05, 3.63) is 46.2 Å². The molecule has 3 nitrogen and oxygen atoms in total. The van der Waals surface area contributed by atoms with E-state index >= 15 is 0 Å². The van der Waals surface area contributed by atoms with Crippen LogP contribution in [0.4, 0.5) is 0 Å². The third-order valence-electron chi connectivity index (χ3n) is 2.82. The number of hydrogen-bond donors (Lipinski definition) is 2. The molecule has 0 saturated carbocycles. The van der Waals surface area contributed by atoms with Gasteiger partial charge < -0.3 is 10.3 Å². The normalized spacial score (nSPS) is 10.4. The van der Waals surface area contributed by atoms with Crippen molar-refractivity contribution < 1.29 is 0 Å². The number of H-pyrrole nitrogens is 1. The third kappa shape index (κ3) is 2.99. The number of pyridine rings is 1. The highest BCUT2D eigenvalue weighted by molar-refractivity contribution is 5.78. The Bertz CT molecular complexity index is 622. The predicted molar refractivity (Wildman–Crippen MR) is 74.3 cm³/mol. The summed E-state index contributed by atoms with van der Waals surface area (Å²) in [7, 11) is 0. The van der Waals surface area contributed by atoms with Crippen LogP contribution in [-0.2, 0) is 6.54 Å². The molecule has 0 atom stereocenters. The van der Waals surface area contributed by atoms with E-state index in [9.17, 15) is 4.79 Å². The summed E-state index contributed by atoms with van der Waals surface area (Å²) in [6.45, 7) is 1.40. The number of fused-ring (bicyclic) bond motifs is 1. The second kappa shape index (κ2) is 6.04. The Morgan fingerprint density at radius 2 is 2.17 bits per heavy atom. The molecule has 0 aliphatic rings. The van der Waals surface area contributed by atoms with Crippen LogP contribution in [0.2, 0.25) is 0 Å². The molecular weight excluding hydrogens is 224 g/mol. The molecule has 0 fully saturated rings. The van der Waals surface area contributed by atoms with E-state index in [1.165, 1.54) is 0 Å². The van der Waals surface area contributed by atoms with E-state index in [1.807, 2.05) is 30.3 Å². The molecule has 0 spiro atoms. The van der Waals surface area contributed by atoms with Crippen LogP contribution < -0.4 is 10.9 Å². The summed E-state index contributed by atoms with van der Waals surface area (Å²) in [6.07, 6.45) is 6.87. The minimum absolute atomic E-state index is 0.0295. The summed E-state index contributed by atoms with van der Waals surface area (Å²) in [5, 5.41) is 4.28. The van der Waals surface area contributed by atoms with E-state index in [4.69, 9.17) is 6.42 Å². The van der Waals surface area contributed by atoms with Gasteiger partial charge in [0.15, 0.2) is 0 Å². The summed E-state index contributed by atoms with van der Waals surface area (Å²) < 4.78 is 0. The minimum Gasteiger partial charge on any atom is -0.322 e. The number of rotatable bonds is 5. The van der Waals surface area contributed by atoms with Crippen LogP contribution in [0.5, 0.6) is 0 Å². The number of aromatic amines is 1. The molecular formula is C15H16N2O. The summed E-state index contributed by atoms with van der Waals surface area (Å²) in [5.74, 6) is 2.59. The third-order valence-corrected chi connectivity index (χ3v) is 2.82. The molecule has 0 aliphatic carbocycles. The monoisotopic (exact) mass is 240 g/mol. The van der Waals surface area contributed by atoms with Gasteiger partial charge in [-0.2, -0.15) is 0 Å². The van der Waals surface area contributed by atoms with Gasteiger partial charge in [0.05, 0.1) is 0 Å². The molecule has 3 heteroatoms. The Labute approximate surface area is 106 Å². The quantitative estimate of drug-likeness (QED) is 0.620. The molecule has 0 unspecified atom stereocenters. The van der Waals surface area contributed by atoms with Gasteiger partial charge in [-0.15, -0.1) is 12.3 Å². The lowest BCUT2D eigenvalue weighted by atomic mass is 10.1. The first kappa shape index (κ1) is 12.4. The van der Waals surface area contributed by atoms with Crippen LogP contribution in [0, 0.1) is 12.3 Å². The largest absolute Gasteiger partial charge is 0.322 e. The average Bonchev–Trinajstić information content (AvgIpc) is 2.39. The molecule has 2 rings (SSSR count). The van der Waals surface area contributed by atoms with Crippen LogP contribution in [0.1, 0.15) is 18.4 Å². The van der Waals surface area contributed by atoms with Crippen LogP contribution >= 0.6 is 0 Å². The molecule has 1 heterocycles. The van der Waals surface area contributed by atoms with E-state index < -0.39 is 0 Å². The first-order valence-corrected chi connectivity index (χ1v) is 6.06. The molecule has 1 aromatic carbocycles. The average molecular weight is 240 g/mol. The molecule has 0 bridgehead atoms. The fourth-order valence-electron chi connectivity index (χ4n) is 1.86. The smallest absolute Gasteiger partial charge is 0.252 e. The zero-order valence-electron chi connectivity index (χ0n) is 10.2. The van der Waals surface area contributed by atoms with Crippen molar-refractivity contribution in [1.82, 2.24) is 10.3 Å². The number of benzene rings is 1. The Kier molecular flexibility index (Phi) is 4.16. The van der Waals surface area contributed by atoms with Gasteiger partial charge in [0.1, 0.15) is 0 Å². The maximum absolute atomic E-state index is 11.8. The topological polar surface area (TPSA) is 44.9 Å². The van der Waals surface area contributed by atoms with Gasteiger partial charge in [0.25, 0.3) is 5.56 Å². The first-order chi connectivity index (χ1) is 8.81. The number of unbranched alkanes of at least 4 members (excludes halogenated alkanes) is 1. The van der Waals surface area contributed by atoms with Gasteiger partial charge in [0.2, 0.25) is 0 Å². The molecule has 0 amide bonds. The van der Waals surface area contributed by atoms with Gasteiger partial charge in [-0.05, 0) is 30.5 Å². The summed E-state index contributed by atoms with van der Waals surface area (Å²) >= 11 is 0. The molecule has 1 aromatic heterocycles. The number of terminal acetylenes is 1. The standard InChI is InChI=1S/C15H16N2O/c1-2-3-6-9-16-11-13-10-12-7-4-5-8-14(12)17-15(13)18/h1,4-5,7-8,10,16H,3,6,9,11H2,(H,17,18). The van der Waals surface area contributed by atoms with Gasteiger partial charge in [0, 0.05) is 24.0 Å². The van der Waals surface area contributed by atoms with E-state index in [1.54, 1.807) is 0 Å². The van der Waals surface area contributed by atoms with Crippen molar-refractivity contribution in [3.63, 3.8) is 0 Å². The fraction of sp³-hybridized carbons (Fsp3) is 0.267. The maximum atomic E-state index is 11.8. The number of para-hydroxylation sites is 1. The number of aromatic nitrogens is 1. The van der Waals surface area contributed by atoms with Gasteiger partial charge >= 0.3 is 0 Å². The number of nitrogens with one attached hydrogen (secondary N) is 2. The lowest BCUT2D eigenvalue weighted by Gasteiger charge is -2.04. The van der Waals surface area contributed by atoms with Crippen LogP contribution in [-0.4, -0.2) is 11.5 Å². The van der Waals surface area contributed by atoms with E-state index in [2.05, 4.69) is 16.2 Å². The zero-order chi connectivity index (χ0) is 12.8. The molecule has 18 heavy (non-hydrogen) atoms. The molecule has 0 saturated heterocycles. The Hall–Kier alpha value is -2.05. The van der Waals surface area contributed by atoms with E-state index in [-0.39, 0.29) is 5.56 Å². The Balaban J connectivity index is 2.07. The van der Waals surface area contributed by atoms with Crippen LogP contribution in [0.15, 0.2) is 35.1 Å². The van der Waals surface area contributed by atoms with Gasteiger partial charge in [-0.3, -0.25) is 4.79 Å². The van der Waals surface area contributed by atoms with Crippen molar-refractivity contribution in [2.24, 2.45) is 0 Å². The highest BCUT2D eigenvalue weighted by Gasteiger charge is 2.01. The second-order valence-electron chi connectivity index (χ2n) is 4.20. The van der Waals surface area contributed by atoms with E-state index in [0.717, 1.165) is 35.9 Å². The van der Waals surface area contributed by atoms with Crippen molar-refractivity contribution in [1.29, 1.82) is 0 Å². The van der Waals surface area contributed by atoms with Crippen molar-refractivity contribution in [3.8, 4) is 12.3 Å². The van der Waals surface area contributed by atoms with Crippen molar-refractivity contribution >= 4 is 10.9 Å². The highest BCUT2D eigenvalue weighted by Crippen LogP contribution is 2.09. The molecule has 2 aromatic rings. The molecule has 0 aliphatic heterocycles. The highest BCUT2D eigenvalue weighted by atomic mass is 16.1. The SMILES string of the molecule is C#CCCCNCc1cc2ccccc2[nH]c1=O. The lowest BCUT2D eigenvalue weighted by Crippen LogP contribution is -2.21. The summed E-state index contributed by atoms with van der Waals surface area (Å²) in [4.78, 5) is 14.7. The predicted octanol–water partition coefficient (Wildman–Crippen LogP) is 2.03. The summed E-state index contributed by atoms with van der Waals surface area (Å²) in [6, 6.07) is 9.71. The van der Waals surface area contributed by atoms with E-state index in [0.29, 0.717) is 6.54 Å². The van der Waals surface area contributed by atoms with Gasteiger partial charge in [-0.25, -0.2) is 0 Å².